The molecule has 0 spiro atoms. The first-order chi connectivity index (χ1) is 9.43. The quantitative estimate of drug-likeness (QED) is 0.757. The lowest BCUT2D eigenvalue weighted by Crippen LogP contribution is -2.45. The highest BCUT2D eigenvalue weighted by atomic mass is 32.1. The second kappa shape index (κ2) is 6.30. The number of hydrogen-bond acceptors (Lipinski definition) is 2. The van der Waals surface area contributed by atoms with E-state index in [-0.39, 0.29) is 22.9 Å². The topological polar surface area (TPSA) is 32.3 Å². The predicted octanol–water partition coefficient (Wildman–Crippen LogP) is 4.78. The maximum absolute atomic E-state index is 12.2. The van der Waals surface area contributed by atoms with Crippen LogP contribution in [0.2, 0.25) is 0 Å². The average Bonchev–Trinajstić information content (AvgIpc) is 2.35. The predicted molar refractivity (Wildman–Crippen MR) is 94.1 cm³/mol. The van der Waals surface area contributed by atoms with Crippen LogP contribution in [0.25, 0.3) is 0 Å². The summed E-state index contributed by atoms with van der Waals surface area (Å²) in [5.74, 6) is 0. The fraction of sp³-hybridized carbons (Fsp3) is 0.588. The van der Waals surface area contributed by atoms with Crippen molar-refractivity contribution in [3.63, 3.8) is 0 Å². The van der Waals surface area contributed by atoms with Gasteiger partial charge in [0.2, 0.25) is 0 Å². The summed E-state index contributed by atoms with van der Waals surface area (Å²) in [4.78, 5) is 12.2. The lowest BCUT2D eigenvalue weighted by Gasteiger charge is -2.30. The van der Waals surface area contributed by atoms with Crippen LogP contribution in [0.1, 0.15) is 54.0 Å². The van der Waals surface area contributed by atoms with Gasteiger partial charge in [0.1, 0.15) is 0 Å². The number of nitrogens with one attached hydrogen (secondary N) is 1. The zero-order valence-corrected chi connectivity index (χ0v) is 15.1. The van der Waals surface area contributed by atoms with Crippen molar-refractivity contribution < 1.29 is 4.79 Å². The Balaban J connectivity index is 2.80. The Morgan fingerprint density at radius 1 is 1.10 bits per heavy atom. The van der Waals surface area contributed by atoms with E-state index in [0.717, 1.165) is 5.69 Å². The number of carbonyl (C=O) groups is 1. The van der Waals surface area contributed by atoms with Gasteiger partial charge in [0.15, 0.2) is 0 Å². The number of rotatable bonds is 2. The molecule has 1 aromatic carbocycles. The smallest absolute Gasteiger partial charge is 0.332 e. The number of benzene rings is 1. The maximum Gasteiger partial charge on any atom is 0.332 e. The van der Waals surface area contributed by atoms with Crippen molar-refractivity contribution in [3.05, 3.63) is 29.8 Å². The first kappa shape index (κ1) is 17.9. The molecule has 0 fully saturated rings. The Hall–Kier alpha value is -1.16. The minimum absolute atomic E-state index is 0.0143. The summed E-state index contributed by atoms with van der Waals surface area (Å²) in [6.07, 6.45) is 0. The number of urea groups is 1. The summed E-state index contributed by atoms with van der Waals surface area (Å²) < 4.78 is 1.36. The molecule has 1 aromatic rings. The molecule has 21 heavy (non-hydrogen) atoms. The van der Waals surface area contributed by atoms with Crippen LogP contribution in [0.15, 0.2) is 24.3 Å². The van der Waals surface area contributed by atoms with Crippen LogP contribution in [0.3, 0.4) is 0 Å². The van der Waals surface area contributed by atoms with E-state index < -0.39 is 0 Å². The second-order valence-electron chi connectivity index (χ2n) is 7.65. The molecule has 0 aliphatic carbocycles. The van der Waals surface area contributed by atoms with E-state index in [9.17, 15) is 4.79 Å². The van der Waals surface area contributed by atoms with Gasteiger partial charge in [0, 0.05) is 6.04 Å². The summed E-state index contributed by atoms with van der Waals surface area (Å²) >= 11 is 4.31. The van der Waals surface area contributed by atoms with Gasteiger partial charge in [-0.1, -0.05) is 66.5 Å². The Kier molecular flexibility index (Phi) is 5.37. The molecule has 4 heteroatoms. The number of nitrogens with zero attached hydrogens (tertiary/aromatic N) is 1. The van der Waals surface area contributed by atoms with Gasteiger partial charge < -0.3 is 5.32 Å². The fourth-order valence-corrected chi connectivity index (χ4v) is 1.87. The van der Waals surface area contributed by atoms with Gasteiger partial charge in [-0.2, -0.15) is 0 Å². The largest absolute Gasteiger partial charge is 0.334 e. The highest BCUT2D eigenvalue weighted by Crippen LogP contribution is 2.26. The van der Waals surface area contributed by atoms with Gasteiger partial charge in [-0.05, 0) is 35.4 Å². The van der Waals surface area contributed by atoms with Gasteiger partial charge in [-0.3, -0.25) is 0 Å². The van der Waals surface area contributed by atoms with Crippen molar-refractivity contribution in [3.8, 4) is 0 Å². The van der Waals surface area contributed by atoms with Crippen molar-refractivity contribution in [1.29, 1.82) is 0 Å². The van der Waals surface area contributed by atoms with Crippen LogP contribution in [-0.4, -0.2) is 12.1 Å². The fourth-order valence-electron chi connectivity index (χ4n) is 1.68. The van der Waals surface area contributed by atoms with Crippen LogP contribution in [-0.2, 0) is 5.41 Å². The van der Waals surface area contributed by atoms with Crippen LogP contribution in [0.5, 0.6) is 0 Å². The molecule has 1 rings (SSSR count). The van der Waals surface area contributed by atoms with Crippen molar-refractivity contribution in [1.82, 2.24) is 5.32 Å². The summed E-state index contributed by atoms with van der Waals surface area (Å²) in [6, 6.07) is 7.79. The normalized spacial score (nSPS) is 13.7. The van der Waals surface area contributed by atoms with Crippen molar-refractivity contribution in [2.75, 3.05) is 4.31 Å². The number of thiol groups is 1. The van der Waals surface area contributed by atoms with Crippen LogP contribution in [0, 0.1) is 5.41 Å². The molecule has 1 atom stereocenters. The van der Waals surface area contributed by atoms with Gasteiger partial charge in [0.25, 0.3) is 0 Å². The molecule has 0 aliphatic rings. The standard InChI is InChI=1S/C17H28N2OS/c1-12(16(2,3)4)18-15(20)19(21)14-10-8-13(9-11-14)17(5,6)7/h8-12,21H,1-7H3,(H,18,20). The Bertz CT molecular complexity index is 483. The molecule has 0 saturated heterocycles. The Labute approximate surface area is 134 Å². The molecule has 118 valence electrons. The third-order valence-corrected chi connectivity index (χ3v) is 4.22. The number of carbonyl (C=O) groups excluding carboxylic acids is 1. The summed E-state index contributed by atoms with van der Waals surface area (Å²) in [5, 5.41) is 2.97. The molecule has 3 nitrogen and oxygen atoms in total. The summed E-state index contributed by atoms with van der Waals surface area (Å²) in [5.41, 5.74) is 2.12. The van der Waals surface area contributed by atoms with Crippen molar-refractivity contribution in [2.24, 2.45) is 5.41 Å². The molecule has 2 amide bonds. The zero-order valence-electron chi connectivity index (χ0n) is 14.2. The molecule has 0 bridgehead atoms. The monoisotopic (exact) mass is 308 g/mol. The SMILES string of the molecule is CC(NC(=O)N(S)c1ccc(C(C)(C)C)cc1)C(C)(C)C. The lowest BCUT2D eigenvalue weighted by molar-refractivity contribution is 0.231. The molecule has 0 saturated carbocycles. The molecule has 0 aliphatic heterocycles. The van der Waals surface area contributed by atoms with E-state index >= 15 is 0 Å². The first-order valence-electron chi connectivity index (χ1n) is 7.33. The highest BCUT2D eigenvalue weighted by molar-refractivity contribution is 7.82. The van der Waals surface area contributed by atoms with Crippen LogP contribution >= 0.6 is 12.8 Å². The van der Waals surface area contributed by atoms with Gasteiger partial charge in [-0.25, -0.2) is 9.10 Å². The summed E-state index contributed by atoms with van der Waals surface area (Å²) in [6.45, 7) is 14.8. The molecular weight excluding hydrogens is 280 g/mol. The van der Waals surface area contributed by atoms with Gasteiger partial charge in [0.05, 0.1) is 5.69 Å². The van der Waals surface area contributed by atoms with Gasteiger partial charge >= 0.3 is 6.03 Å². The first-order valence-corrected chi connectivity index (χ1v) is 7.73. The van der Waals surface area contributed by atoms with E-state index in [1.165, 1.54) is 9.87 Å². The van der Waals surface area contributed by atoms with Crippen molar-refractivity contribution >= 4 is 24.5 Å². The molecule has 0 radical (unpaired) electrons. The Morgan fingerprint density at radius 3 is 1.95 bits per heavy atom. The minimum atomic E-state index is -0.204. The van der Waals surface area contributed by atoms with E-state index in [0.29, 0.717) is 0 Å². The molecule has 1 N–H and O–H groups in total. The lowest BCUT2D eigenvalue weighted by atomic mass is 9.87. The second-order valence-corrected chi connectivity index (χ2v) is 8.05. The molecule has 1 unspecified atom stereocenters. The van der Waals surface area contributed by atoms with Gasteiger partial charge in [-0.15, -0.1) is 0 Å². The molecule has 0 heterocycles. The van der Waals surface area contributed by atoms with Crippen molar-refractivity contribution in [2.45, 2.75) is 59.9 Å². The number of amides is 2. The van der Waals surface area contributed by atoms with E-state index in [1.54, 1.807) is 0 Å². The third-order valence-electron chi connectivity index (χ3n) is 3.81. The number of hydrogen-bond donors (Lipinski definition) is 2. The van der Waals surface area contributed by atoms with Crippen LogP contribution < -0.4 is 9.62 Å². The van der Waals surface area contributed by atoms with E-state index in [4.69, 9.17) is 0 Å². The average molecular weight is 308 g/mol. The van der Waals surface area contributed by atoms with E-state index in [2.05, 4.69) is 59.7 Å². The molecule has 0 aromatic heterocycles. The highest BCUT2D eigenvalue weighted by Gasteiger charge is 2.24. The molecular formula is C17H28N2OS. The minimum Gasteiger partial charge on any atom is -0.334 e. The van der Waals surface area contributed by atoms with E-state index in [1.807, 2.05) is 31.2 Å². The van der Waals surface area contributed by atoms with Crippen LogP contribution in [0.4, 0.5) is 10.5 Å². The summed E-state index contributed by atoms with van der Waals surface area (Å²) in [7, 11) is 0. The zero-order chi connectivity index (χ0) is 16.4. The number of anilines is 1. The third kappa shape index (κ3) is 4.95. The Morgan fingerprint density at radius 2 is 1.57 bits per heavy atom. The maximum atomic E-state index is 12.2.